The Hall–Kier alpha value is -0.0800. The van der Waals surface area contributed by atoms with Gasteiger partial charge in [-0.05, 0) is 50.9 Å². The summed E-state index contributed by atoms with van der Waals surface area (Å²) in [5.74, 6) is 1.79. The van der Waals surface area contributed by atoms with E-state index in [1.807, 2.05) is 0 Å². The van der Waals surface area contributed by atoms with Crippen molar-refractivity contribution >= 4 is 0 Å². The van der Waals surface area contributed by atoms with Crippen molar-refractivity contribution in [3.63, 3.8) is 0 Å². The lowest BCUT2D eigenvalue weighted by atomic mass is 9.90. The van der Waals surface area contributed by atoms with Gasteiger partial charge in [-0.3, -0.25) is 0 Å². The van der Waals surface area contributed by atoms with Crippen molar-refractivity contribution in [1.82, 2.24) is 4.90 Å². The average Bonchev–Trinajstić information content (AvgIpc) is 2.74. The van der Waals surface area contributed by atoms with Crippen LogP contribution in [0.4, 0.5) is 0 Å². The number of piperidine rings is 1. The molecular weight excluding hydrogens is 366 g/mol. The maximum absolute atomic E-state index is 6.50. The van der Waals surface area contributed by atoms with E-state index in [1.165, 1.54) is 122 Å². The fourth-order valence-corrected chi connectivity index (χ4v) is 5.16. The normalized spacial score (nSPS) is 19.1. The third kappa shape index (κ3) is 14.1. The van der Waals surface area contributed by atoms with E-state index in [1.54, 1.807) is 0 Å². The molecule has 0 saturated carbocycles. The molecule has 0 amide bonds. The fourth-order valence-electron chi connectivity index (χ4n) is 5.16. The Kier molecular flexibility index (Phi) is 17.2. The van der Waals surface area contributed by atoms with Gasteiger partial charge in [-0.15, -0.1) is 0 Å². The van der Waals surface area contributed by atoms with E-state index in [0.29, 0.717) is 12.2 Å². The number of rotatable bonds is 19. The molecule has 30 heavy (non-hydrogen) atoms. The smallest absolute Gasteiger partial charge is 0.0603 e. The number of hydrogen-bond donors (Lipinski definition) is 0. The summed E-state index contributed by atoms with van der Waals surface area (Å²) >= 11 is 0. The van der Waals surface area contributed by atoms with Crippen LogP contribution in [0, 0.1) is 11.8 Å². The van der Waals surface area contributed by atoms with Crippen LogP contribution in [0.1, 0.15) is 137 Å². The number of likely N-dealkylation sites (tertiary alicyclic amines) is 1. The second-order valence-corrected chi connectivity index (χ2v) is 10.5. The van der Waals surface area contributed by atoms with Crippen molar-refractivity contribution in [2.45, 2.75) is 150 Å². The van der Waals surface area contributed by atoms with Crippen LogP contribution in [-0.2, 0) is 4.74 Å². The minimum absolute atomic E-state index is 0.439. The van der Waals surface area contributed by atoms with E-state index in [-0.39, 0.29) is 0 Å². The van der Waals surface area contributed by atoms with Crippen molar-refractivity contribution < 1.29 is 4.74 Å². The molecular formula is C28H57NO. The maximum Gasteiger partial charge on any atom is 0.0603 e. The molecule has 1 aliphatic rings. The molecule has 0 N–H and O–H groups in total. The summed E-state index contributed by atoms with van der Waals surface area (Å²) in [7, 11) is 0. The van der Waals surface area contributed by atoms with Crippen LogP contribution < -0.4 is 0 Å². The zero-order valence-electron chi connectivity index (χ0n) is 21.6. The van der Waals surface area contributed by atoms with E-state index < -0.39 is 0 Å². The van der Waals surface area contributed by atoms with E-state index in [0.717, 1.165) is 11.8 Å². The van der Waals surface area contributed by atoms with Crippen molar-refractivity contribution in [1.29, 1.82) is 0 Å². The highest BCUT2D eigenvalue weighted by Crippen LogP contribution is 2.25. The van der Waals surface area contributed by atoms with Gasteiger partial charge in [0.2, 0.25) is 0 Å². The average molecular weight is 424 g/mol. The van der Waals surface area contributed by atoms with Crippen molar-refractivity contribution in [2.24, 2.45) is 11.8 Å². The van der Waals surface area contributed by atoms with E-state index in [4.69, 9.17) is 4.74 Å². The van der Waals surface area contributed by atoms with Crippen LogP contribution in [0.25, 0.3) is 0 Å². The van der Waals surface area contributed by atoms with Gasteiger partial charge in [-0.25, -0.2) is 0 Å². The molecule has 1 aliphatic heterocycles. The van der Waals surface area contributed by atoms with E-state index >= 15 is 0 Å². The summed E-state index contributed by atoms with van der Waals surface area (Å²) in [6.07, 6.45) is 22.9. The molecule has 0 spiro atoms. The zero-order valence-corrected chi connectivity index (χ0v) is 21.6. The monoisotopic (exact) mass is 423 g/mol. The molecule has 0 radical (unpaired) electrons. The fraction of sp³-hybridized carbons (Fsp3) is 1.00. The summed E-state index contributed by atoms with van der Waals surface area (Å²) in [6, 6.07) is 0. The van der Waals surface area contributed by atoms with Crippen molar-refractivity contribution in [3.05, 3.63) is 0 Å². The van der Waals surface area contributed by atoms with Gasteiger partial charge in [-0.1, -0.05) is 98.3 Å². The number of hydrogen-bond acceptors (Lipinski definition) is 2. The quantitative estimate of drug-likeness (QED) is 0.193. The van der Waals surface area contributed by atoms with Crippen LogP contribution in [0.15, 0.2) is 0 Å². The summed E-state index contributed by atoms with van der Waals surface area (Å²) < 4.78 is 6.50. The summed E-state index contributed by atoms with van der Waals surface area (Å²) in [6.45, 7) is 15.5. The van der Waals surface area contributed by atoms with Gasteiger partial charge in [0, 0.05) is 19.6 Å². The van der Waals surface area contributed by atoms with Crippen molar-refractivity contribution in [2.75, 3.05) is 19.6 Å². The van der Waals surface area contributed by atoms with E-state index in [2.05, 4.69) is 39.5 Å². The van der Waals surface area contributed by atoms with Gasteiger partial charge in [0.1, 0.15) is 0 Å². The molecule has 2 unspecified atom stereocenters. The first kappa shape index (κ1) is 28.0. The summed E-state index contributed by atoms with van der Waals surface area (Å²) in [4.78, 5) is 2.69. The molecule has 2 nitrogen and oxygen atoms in total. The lowest BCUT2D eigenvalue weighted by Crippen LogP contribution is -2.40. The third-order valence-electron chi connectivity index (χ3n) is 7.24. The maximum atomic E-state index is 6.50. The molecule has 3 atom stereocenters. The lowest BCUT2D eigenvalue weighted by Gasteiger charge is -2.35. The molecule has 0 aromatic rings. The van der Waals surface area contributed by atoms with Crippen LogP contribution in [0.5, 0.6) is 0 Å². The van der Waals surface area contributed by atoms with Gasteiger partial charge < -0.3 is 9.64 Å². The number of unbranched alkanes of at least 4 members (excludes halogenated alkanes) is 6. The van der Waals surface area contributed by atoms with Gasteiger partial charge in [0.25, 0.3) is 0 Å². The zero-order chi connectivity index (χ0) is 22.0. The first-order chi connectivity index (χ1) is 14.6. The molecule has 2 heteroatoms. The highest BCUT2D eigenvalue weighted by atomic mass is 16.5. The van der Waals surface area contributed by atoms with E-state index in [9.17, 15) is 0 Å². The van der Waals surface area contributed by atoms with Gasteiger partial charge in [0.15, 0.2) is 0 Å². The van der Waals surface area contributed by atoms with Gasteiger partial charge in [-0.2, -0.15) is 0 Å². The highest BCUT2D eigenvalue weighted by Gasteiger charge is 2.22. The number of nitrogens with zero attached hydrogens (tertiary/aromatic N) is 1. The Balaban J connectivity index is 2.23. The van der Waals surface area contributed by atoms with Gasteiger partial charge in [0.05, 0.1) is 12.2 Å². The summed E-state index contributed by atoms with van der Waals surface area (Å²) in [5.41, 5.74) is 0. The van der Waals surface area contributed by atoms with Crippen LogP contribution >= 0.6 is 0 Å². The Bertz CT molecular complexity index is 364. The van der Waals surface area contributed by atoms with Crippen LogP contribution in [0.3, 0.4) is 0 Å². The standard InChI is InChI=1S/C28H57NO/c1-6-9-12-14-17-27(16-13-10-7-2)19-18-26(5)30-28-20-22-29(23-21-28)24-25(4)15-11-8-3/h25-28H,6-24H2,1-5H3/t25?,26-,27?/m0/s1. The second kappa shape index (κ2) is 18.5. The van der Waals surface area contributed by atoms with Gasteiger partial charge >= 0.3 is 0 Å². The minimum atomic E-state index is 0.439. The van der Waals surface area contributed by atoms with Crippen LogP contribution in [-0.4, -0.2) is 36.7 Å². The third-order valence-corrected chi connectivity index (χ3v) is 7.24. The Morgan fingerprint density at radius 2 is 1.30 bits per heavy atom. The predicted octanol–water partition coefficient (Wildman–Crippen LogP) is 8.63. The predicted molar refractivity (Wildman–Crippen MR) is 134 cm³/mol. The second-order valence-electron chi connectivity index (χ2n) is 10.5. The molecule has 1 fully saturated rings. The molecule has 1 rings (SSSR count). The van der Waals surface area contributed by atoms with Crippen molar-refractivity contribution in [3.8, 4) is 0 Å². The minimum Gasteiger partial charge on any atom is -0.375 e. The largest absolute Gasteiger partial charge is 0.375 e. The lowest BCUT2D eigenvalue weighted by molar-refractivity contribution is -0.0411. The topological polar surface area (TPSA) is 12.5 Å². The Morgan fingerprint density at radius 3 is 1.93 bits per heavy atom. The Labute approximate surface area is 190 Å². The first-order valence-corrected chi connectivity index (χ1v) is 14.0. The van der Waals surface area contributed by atoms with Crippen LogP contribution in [0.2, 0.25) is 0 Å². The number of ether oxygens (including phenoxy) is 1. The summed E-state index contributed by atoms with van der Waals surface area (Å²) in [5, 5.41) is 0. The molecule has 180 valence electrons. The molecule has 1 saturated heterocycles. The first-order valence-electron chi connectivity index (χ1n) is 14.0. The molecule has 0 aromatic carbocycles. The molecule has 0 aliphatic carbocycles. The molecule has 0 bridgehead atoms. The molecule has 0 aromatic heterocycles. The molecule has 1 heterocycles. The SMILES string of the molecule is CCCCCCC(CCCCC)CC[C@H](C)OC1CCN(CC(C)CCCC)CC1. The Morgan fingerprint density at radius 1 is 0.700 bits per heavy atom. The highest BCUT2D eigenvalue weighted by molar-refractivity contribution is 4.75.